The van der Waals surface area contributed by atoms with Gasteiger partial charge in [-0.3, -0.25) is 9.69 Å². The zero-order valence-corrected chi connectivity index (χ0v) is 16.4. The highest BCUT2D eigenvalue weighted by Crippen LogP contribution is 2.25. The van der Waals surface area contributed by atoms with E-state index in [0.29, 0.717) is 0 Å². The molecule has 1 aromatic carbocycles. The number of ether oxygens (including phenoxy) is 1. The highest BCUT2D eigenvalue weighted by Gasteiger charge is 2.38. The second-order valence-corrected chi connectivity index (χ2v) is 6.51. The summed E-state index contributed by atoms with van der Waals surface area (Å²) in [6.07, 6.45) is 2.82. The Bertz CT molecular complexity index is 528. The van der Waals surface area contributed by atoms with Crippen LogP contribution < -0.4 is 10.6 Å². The van der Waals surface area contributed by atoms with Gasteiger partial charge >= 0.3 is 0 Å². The van der Waals surface area contributed by atoms with Gasteiger partial charge in [0.2, 0.25) is 5.91 Å². The molecule has 2 aliphatic heterocycles. The van der Waals surface area contributed by atoms with Crippen molar-refractivity contribution in [3.05, 3.63) is 29.8 Å². The summed E-state index contributed by atoms with van der Waals surface area (Å²) in [7, 11) is 0. The maximum Gasteiger partial charge on any atom is 0.244 e. The third kappa shape index (κ3) is 5.56. The molecule has 0 radical (unpaired) electrons. The first-order valence-corrected chi connectivity index (χ1v) is 8.67. The number of carbonyl (C=O) groups excluding carboxylic acids is 1. The molecule has 2 fully saturated rings. The Hall–Kier alpha value is -0.850. The van der Waals surface area contributed by atoms with E-state index in [9.17, 15) is 4.79 Å². The summed E-state index contributed by atoms with van der Waals surface area (Å²) in [4.78, 5) is 15.0. The molecule has 0 aromatic heterocycles. The van der Waals surface area contributed by atoms with E-state index in [4.69, 9.17) is 4.74 Å². The number of hydrogen-bond acceptors (Lipinski definition) is 4. The van der Waals surface area contributed by atoms with E-state index in [1.165, 1.54) is 5.56 Å². The minimum atomic E-state index is -0.382. The first-order chi connectivity index (χ1) is 11.2. The van der Waals surface area contributed by atoms with Crippen LogP contribution in [0.1, 0.15) is 31.7 Å². The molecule has 0 aliphatic carbocycles. The lowest BCUT2D eigenvalue weighted by molar-refractivity contribution is -0.122. The maximum atomic E-state index is 12.6. The third-order valence-corrected chi connectivity index (χ3v) is 5.00. The largest absolute Gasteiger partial charge is 0.379 e. The Morgan fingerprint density at radius 1 is 1.24 bits per heavy atom. The van der Waals surface area contributed by atoms with Gasteiger partial charge in [0.1, 0.15) is 0 Å². The highest BCUT2D eigenvalue weighted by atomic mass is 35.5. The fourth-order valence-corrected chi connectivity index (χ4v) is 3.42. The first-order valence-electron chi connectivity index (χ1n) is 8.67. The number of rotatable bonds is 5. The Kier molecular flexibility index (Phi) is 9.17. The molecular weight excluding hydrogens is 361 g/mol. The molecular formula is C18H29Cl2N3O2. The van der Waals surface area contributed by atoms with Gasteiger partial charge < -0.3 is 15.4 Å². The van der Waals surface area contributed by atoms with Gasteiger partial charge in [0.25, 0.3) is 0 Å². The van der Waals surface area contributed by atoms with E-state index < -0.39 is 0 Å². The molecule has 142 valence electrons. The quantitative estimate of drug-likeness (QED) is 0.812. The number of carbonyl (C=O) groups is 1. The van der Waals surface area contributed by atoms with Crippen molar-refractivity contribution < 1.29 is 9.53 Å². The van der Waals surface area contributed by atoms with E-state index in [-0.39, 0.29) is 36.3 Å². The van der Waals surface area contributed by atoms with Crippen molar-refractivity contribution in [1.82, 2.24) is 10.2 Å². The lowest BCUT2D eigenvalue weighted by atomic mass is 9.93. The van der Waals surface area contributed by atoms with Crippen molar-refractivity contribution in [2.45, 2.75) is 38.3 Å². The van der Waals surface area contributed by atoms with Gasteiger partial charge in [-0.15, -0.1) is 24.8 Å². The maximum absolute atomic E-state index is 12.6. The van der Waals surface area contributed by atoms with Gasteiger partial charge in [-0.1, -0.05) is 19.1 Å². The normalized spacial score (nSPS) is 23.4. The van der Waals surface area contributed by atoms with Crippen LogP contribution in [0.4, 0.5) is 5.69 Å². The van der Waals surface area contributed by atoms with Crippen molar-refractivity contribution in [3.63, 3.8) is 0 Å². The number of amides is 1. The molecule has 2 saturated heterocycles. The average Bonchev–Trinajstić information content (AvgIpc) is 3.08. The number of nitrogens with one attached hydrogen (secondary N) is 2. The number of halogens is 2. The number of anilines is 1. The van der Waals surface area contributed by atoms with Crippen LogP contribution in [0.25, 0.3) is 0 Å². The molecule has 0 spiro atoms. The van der Waals surface area contributed by atoms with Crippen molar-refractivity contribution >= 4 is 36.4 Å². The molecule has 5 nitrogen and oxygen atoms in total. The molecule has 3 rings (SSSR count). The fourth-order valence-electron chi connectivity index (χ4n) is 3.42. The zero-order chi connectivity index (χ0) is 16.1. The highest BCUT2D eigenvalue weighted by molar-refractivity contribution is 5.98. The minimum absolute atomic E-state index is 0. The minimum Gasteiger partial charge on any atom is -0.379 e. The van der Waals surface area contributed by atoms with Gasteiger partial charge in [-0.05, 0) is 43.5 Å². The van der Waals surface area contributed by atoms with Gasteiger partial charge in [-0.25, -0.2) is 0 Å². The Balaban J connectivity index is 0.00000156. The molecule has 0 saturated carbocycles. The number of benzene rings is 1. The van der Waals surface area contributed by atoms with Crippen LogP contribution in [0, 0.1) is 0 Å². The van der Waals surface area contributed by atoms with Crippen molar-refractivity contribution in [2.24, 2.45) is 0 Å². The number of nitrogens with zero attached hydrogens (tertiary/aromatic N) is 1. The van der Waals surface area contributed by atoms with Crippen molar-refractivity contribution in [3.8, 4) is 0 Å². The predicted molar refractivity (Wildman–Crippen MR) is 106 cm³/mol. The SMILES string of the molecule is CCC1(C(=O)Nc2ccc(CN3CCOCC3)cc2)CCCN1.Cl.Cl. The van der Waals surface area contributed by atoms with Crippen LogP contribution in [0.3, 0.4) is 0 Å². The summed E-state index contributed by atoms with van der Waals surface area (Å²) in [6, 6.07) is 8.22. The van der Waals surface area contributed by atoms with E-state index in [2.05, 4.69) is 34.6 Å². The lowest BCUT2D eigenvalue weighted by Gasteiger charge is -2.27. The van der Waals surface area contributed by atoms with Gasteiger partial charge in [0, 0.05) is 25.3 Å². The summed E-state index contributed by atoms with van der Waals surface area (Å²) < 4.78 is 5.37. The Morgan fingerprint density at radius 2 is 1.92 bits per heavy atom. The molecule has 1 atom stereocenters. The lowest BCUT2D eigenvalue weighted by Crippen LogP contribution is -2.50. The van der Waals surface area contributed by atoms with Crippen LogP contribution in [0.2, 0.25) is 0 Å². The molecule has 25 heavy (non-hydrogen) atoms. The molecule has 0 bridgehead atoms. The molecule has 7 heteroatoms. The smallest absolute Gasteiger partial charge is 0.244 e. The van der Waals surface area contributed by atoms with E-state index in [0.717, 1.165) is 64.3 Å². The zero-order valence-electron chi connectivity index (χ0n) is 14.8. The summed E-state index contributed by atoms with van der Waals surface area (Å²) in [5, 5.41) is 6.45. The molecule has 1 aromatic rings. The van der Waals surface area contributed by atoms with Crippen LogP contribution >= 0.6 is 24.8 Å². The van der Waals surface area contributed by atoms with E-state index in [1.54, 1.807) is 0 Å². The van der Waals surface area contributed by atoms with E-state index in [1.807, 2.05) is 12.1 Å². The van der Waals surface area contributed by atoms with Crippen molar-refractivity contribution in [2.75, 3.05) is 38.2 Å². The molecule has 2 heterocycles. The van der Waals surface area contributed by atoms with Crippen LogP contribution in [-0.4, -0.2) is 49.2 Å². The first kappa shape index (κ1) is 22.2. The monoisotopic (exact) mass is 389 g/mol. The van der Waals surface area contributed by atoms with E-state index >= 15 is 0 Å². The van der Waals surface area contributed by atoms with Gasteiger partial charge in [0.15, 0.2) is 0 Å². The van der Waals surface area contributed by atoms with Crippen LogP contribution in [0.5, 0.6) is 0 Å². The predicted octanol–water partition coefficient (Wildman–Crippen LogP) is 2.83. The Morgan fingerprint density at radius 3 is 2.48 bits per heavy atom. The standard InChI is InChI=1S/C18H27N3O2.2ClH/c1-2-18(8-3-9-19-18)17(22)20-16-6-4-15(5-7-16)14-21-10-12-23-13-11-21;;/h4-7,19H,2-3,8-14H2,1H3,(H,20,22);2*1H. The number of hydrogen-bond donors (Lipinski definition) is 2. The van der Waals surface area contributed by atoms with Gasteiger partial charge in [0.05, 0.1) is 18.8 Å². The summed E-state index contributed by atoms with van der Waals surface area (Å²) in [5.41, 5.74) is 1.77. The average molecular weight is 390 g/mol. The van der Waals surface area contributed by atoms with Crippen LogP contribution in [-0.2, 0) is 16.1 Å². The number of morpholine rings is 1. The molecule has 2 aliphatic rings. The molecule has 2 N–H and O–H groups in total. The van der Waals surface area contributed by atoms with Crippen molar-refractivity contribution in [1.29, 1.82) is 0 Å². The second-order valence-electron chi connectivity index (χ2n) is 6.51. The van der Waals surface area contributed by atoms with Crippen LogP contribution in [0.15, 0.2) is 24.3 Å². The summed E-state index contributed by atoms with van der Waals surface area (Å²) in [6.45, 7) is 7.56. The molecule has 1 unspecified atom stereocenters. The summed E-state index contributed by atoms with van der Waals surface area (Å²) in [5.74, 6) is 0.0958. The van der Waals surface area contributed by atoms with Gasteiger partial charge in [-0.2, -0.15) is 0 Å². The second kappa shape index (κ2) is 10.3. The topological polar surface area (TPSA) is 53.6 Å². The fraction of sp³-hybridized carbons (Fsp3) is 0.611. The third-order valence-electron chi connectivity index (χ3n) is 5.00. The summed E-state index contributed by atoms with van der Waals surface area (Å²) >= 11 is 0. The molecule has 1 amide bonds. The Labute approximate surface area is 162 Å².